The summed E-state index contributed by atoms with van der Waals surface area (Å²) in [5.41, 5.74) is 0. The average Bonchev–Trinajstić information content (AvgIpc) is 3.72. The number of carbonyl (C=O) groups is 3. The molecule has 1 fully saturated rings. The molecule has 1 aliphatic heterocycles. The van der Waals surface area contributed by atoms with Crippen LogP contribution < -0.4 is 5.32 Å². The quantitative estimate of drug-likeness (QED) is 0.0487. The molecule has 0 aromatic rings. The summed E-state index contributed by atoms with van der Waals surface area (Å²) in [7, 11) is 0. The van der Waals surface area contributed by atoms with Gasteiger partial charge >= 0.3 is 11.9 Å². The third kappa shape index (κ3) is 34.1. The molecule has 1 saturated heterocycles. The second-order valence-corrected chi connectivity index (χ2v) is 18.3. The van der Waals surface area contributed by atoms with Gasteiger partial charge in [0, 0.05) is 18.9 Å². The number of unbranched alkanes of at least 4 members (excludes halogenated alkanes) is 18. The highest BCUT2D eigenvalue weighted by Crippen LogP contribution is 2.23. The summed E-state index contributed by atoms with van der Waals surface area (Å²) < 4.78 is 11.3. The Hall–Kier alpha value is -1.63. The summed E-state index contributed by atoms with van der Waals surface area (Å²) in [6, 6.07) is 0.260. The van der Waals surface area contributed by atoms with Crippen molar-refractivity contribution in [1.29, 1.82) is 0 Å². The van der Waals surface area contributed by atoms with Crippen molar-refractivity contribution in [3.8, 4) is 0 Å². The predicted octanol–water partition coefficient (Wildman–Crippen LogP) is 14.2. The molecule has 58 heavy (non-hydrogen) atoms. The van der Waals surface area contributed by atoms with Crippen LogP contribution in [0, 0.1) is 11.8 Å². The molecule has 1 amide bonds. The third-order valence-corrected chi connectivity index (χ3v) is 12.7. The van der Waals surface area contributed by atoms with Crippen LogP contribution in [-0.2, 0) is 23.9 Å². The van der Waals surface area contributed by atoms with Crippen molar-refractivity contribution in [3.05, 3.63) is 0 Å². The minimum absolute atomic E-state index is 0.0156. The maximum atomic E-state index is 12.9. The number of likely N-dealkylation sites (tertiary alicyclic amines) is 1. The Morgan fingerprint density at radius 1 is 0.448 bits per heavy atom. The Morgan fingerprint density at radius 3 is 1.17 bits per heavy atom. The minimum Gasteiger partial charge on any atom is -0.466 e. The zero-order chi connectivity index (χ0) is 42.2. The van der Waals surface area contributed by atoms with Crippen molar-refractivity contribution in [3.63, 3.8) is 0 Å². The molecule has 0 unspecified atom stereocenters. The van der Waals surface area contributed by atoms with Crippen molar-refractivity contribution in [2.24, 2.45) is 11.8 Å². The number of hydrogen-bond donors (Lipinski definition) is 1. The molecule has 0 spiro atoms. The van der Waals surface area contributed by atoms with Crippen molar-refractivity contribution >= 4 is 17.8 Å². The first-order chi connectivity index (χ1) is 28.4. The minimum atomic E-state index is -0.0156. The molecule has 0 aliphatic carbocycles. The van der Waals surface area contributed by atoms with Crippen molar-refractivity contribution in [1.82, 2.24) is 10.2 Å². The monoisotopic (exact) mass is 819 g/mol. The Kier molecular flexibility index (Phi) is 38.2. The SMILES string of the molecule is CCCCCC(CCCCC)CCOC(=O)CCCCCCCCC(CCCCCCCCC(=O)OCCC(CCCCC)CCCCC)NC(=O)CN1CCCC1. The number of nitrogens with zero attached hydrogens (tertiary/aromatic N) is 1. The van der Waals surface area contributed by atoms with E-state index in [-0.39, 0.29) is 23.9 Å². The molecule has 7 nitrogen and oxygen atoms in total. The molecule has 0 bridgehead atoms. The molecule has 0 aromatic carbocycles. The molecule has 0 radical (unpaired) electrons. The second kappa shape index (κ2) is 40.8. The van der Waals surface area contributed by atoms with Crippen LogP contribution in [0.25, 0.3) is 0 Å². The van der Waals surface area contributed by atoms with Gasteiger partial charge in [0.25, 0.3) is 0 Å². The number of nitrogens with one attached hydrogen (secondary N) is 1. The normalized spacial score (nSPS) is 13.3. The highest BCUT2D eigenvalue weighted by Gasteiger charge is 2.18. The summed E-state index contributed by atoms with van der Waals surface area (Å²) in [6.45, 7) is 12.9. The van der Waals surface area contributed by atoms with Crippen LogP contribution in [0.5, 0.6) is 0 Å². The highest BCUT2D eigenvalue weighted by molar-refractivity contribution is 5.78. The number of esters is 2. The lowest BCUT2D eigenvalue weighted by molar-refractivity contribution is -0.145. The molecule has 0 atom stereocenters. The maximum Gasteiger partial charge on any atom is 0.305 e. The largest absolute Gasteiger partial charge is 0.466 e. The van der Waals surface area contributed by atoms with E-state index >= 15 is 0 Å². The highest BCUT2D eigenvalue weighted by atomic mass is 16.5. The van der Waals surface area contributed by atoms with Gasteiger partial charge in [0.1, 0.15) is 0 Å². The fraction of sp³-hybridized carbons (Fsp3) is 0.941. The van der Waals surface area contributed by atoms with E-state index in [0.717, 1.165) is 90.1 Å². The molecule has 7 heteroatoms. The van der Waals surface area contributed by atoms with E-state index in [2.05, 4.69) is 37.9 Å². The second-order valence-electron chi connectivity index (χ2n) is 18.3. The summed E-state index contributed by atoms with van der Waals surface area (Å²) in [5, 5.41) is 3.41. The van der Waals surface area contributed by atoms with Crippen molar-refractivity contribution in [2.45, 2.75) is 265 Å². The number of carbonyl (C=O) groups excluding carboxylic acids is 3. The Morgan fingerprint density at radius 2 is 0.793 bits per heavy atom. The van der Waals surface area contributed by atoms with E-state index in [1.807, 2.05) is 0 Å². The fourth-order valence-corrected chi connectivity index (χ4v) is 8.86. The van der Waals surface area contributed by atoms with Gasteiger partial charge in [-0.1, -0.05) is 195 Å². The zero-order valence-corrected chi connectivity index (χ0v) is 39.2. The van der Waals surface area contributed by atoms with Crippen LogP contribution >= 0.6 is 0 Å². The standard InChI is InChI=1S/C51H98N2O5/c1-5-9-21-31-46(32-22-10-6-2)39-43-57-50(55)37-27-19-15-13-17-25-35-48(52-49(54)45-53-41-29-30-42-53)36-26-18-14-16-20-28-38-51(56)58-44-40-47(33-23-11-7-3)34-24-12-8-4/h46-48H,5-45H2,1-4H3,(H,52,54). The Bertz CT molecular complexity index is 860. The maximum absolute atomic E-state index is 12.9. The van der Waals surface area contributed by atoms with Crippen LogP contribution in [0.3, 0.4) is 0 Å². The van der Waals surface area contributed by atoms with E-state index in [0.29, 0.717) is 44.4 Å². The van der Waals surface area contributed by atoms with Gasteiger partial charge in [0.15, 0.2) is 0 Å². The molecule has 1 rings (SSSR count). The number of amides is 1. The Balaban J connectivity index is 2.23. The Labute approximate surface area is 360 Å². The van der Waals surface area contributed by atoms with Gasteiger partial charge in [-0.25, -0.2) is 0 Å². The topological polar surface area (TPSA) is 84.9 Å². The lowest BCUT2D eigenvalue weighted by atomic mass is 9.92. The van der Waals surface area contributed by atoms with Crippen molar-refractivity contribution < 1.29 is 23.9 Å². The first kappa shape index (κ1) is 54.4. The van der Waals surface area contributed by atoms with E-state index < -0.39 is 0 Å². The predicted molar refractivity (Wildman–Crippen MR) is 246 cm³/mol. The first-order valence-corrected chi connectivity index (χ1v) is 25.7. The van der Waals surface area contributed by atoms with Gasteiger partial charge in [0.2, 0.25) is 5.91 Å². The number of ether oxygens (including phenoxy) is 2. The molecular formula is C51H98N2O5. The van der Waals surface area contributed by atoms with Crippen molar-refractivity contribution in [2.75, 3.05) is 32.8 Å². The third-order valence-electron chi connectivity index (χ3n) is 12.7. The van der Waals surface area contributed by atoms with Crippen LogP contribution in [0.4, 0.5) is 0 Å². The molecule has 0 aromatic heterocycles. The van der Waals surface area contributed by atoms with E-state index in [1.54, 1.807) is 0 Å². The summed E-state index contributed by atoms with van der Waals surface area (Å²) in [4.78, 5) is 40.0. The summed E-state index contributed by atoms with van der Waals surface area (Å²) in [6.07, 6.45) is 41.6. The molecule has 1 heterocycles. The van der Waals surface area contributed by atoms with E-state index in [9.17, 15) is 14.4 Å². The van der Waals surface area contributed by atoms with Gasteiger partial charge in [-0.05, 0) is 76.3 Å². The number of rotatable bonds is 43. The van der Waals surface area contributed by atoms with Crippen LogP contribution in [0.15, 0.2) is 0 Å². The van der Waals surface area contributed by atoms with Crippen LogP contribution in [0.1, 0.15) is 259 Å². The number of hydrogen-bond acceptors (Lipinski definition) is 6. The van der Waals surface area contributed by atoms with Gasteiger partial charge in [-0.3, -0.25) is 19.3 Å². The first-order valence-electron chi connectivity index (χ1n) is 25.7. The zero-order valence-electron chi connectivity index (χ0n) is 39.2. The smallest absolute Gasteiger partial charge is 0.305 e. The molecule has 1 aliphatic rings. The van der Waals surface area contributed by atoms with E-state index in [1.165, 1.54) is 141 Å². The summed E-state index contributed by atoms with van der Waals surface area (Å²) >= 11 is 0. The van der Waals surface area contributed by atoms with Crippen LogP contribution in [0.2, 0.25) is 0 Å². The molecule has 1 N–H and O–H groups in total. The van der Waals surface area contributed by atoms with Gasteiger partial charge in [-0.2, -0.15) is 0 Å². The van der Waals surface area contributed by atoms with Gasteiger partial charge in [-0.15, -0.1) is 0 Å². The lowest BCUT2D eigenvalue weighted by Crippen LogP contribution is -2.41. The molecule has 342 valence electrons. The molecule has 0 saturated carbocycles. The molecular weight excluding hydrogens is 721 g/mol. The van der Waals surface area contributed by atoms with Crippen LogP contribution in [-0.4, -0.2) is 61.6 Å². The average molecular weight is 819 g/mol. The van der Waals surface area contributed by atoms with Gasteiger partial charge in [0.05, 0.1) is 19.8 Å². The summed E-state index contributed by atoms with van der Waals surface area (Å²) in [5.74, 6) is 1.57. The fourth-order valence-electron chi connectivity index (χ4n) is 8.86. The van der Waals surface area contributed by atoms with E-state index in [4.69, 9.17) is 9.47 Å². The van der Waals surface area contributed by atoms with Gasteiger partial charge < -0.3 is 14.8 Å². The lowest BCUT2D eigenvalue weighted by Gasteiger charge is -2.21.